The van der Waals surface area contributed by atoms with Crippen LogP contribution in [0, 0.1) is 23.7 Å². The zero-order valence-corrected chi connectivity index (χ0v) is 13.8. The molecule has 1 aliphatic rings. The Morgan fingerprint density at radius 1 is 1.14 bits per heavy atom. The van der Waals surface area contributed by atoms with Crippen LogP contribution in [0.4, 0.5) is 0 Å². The van der Waals surface area contributed by atoms with Crippen molar-refractivity contribution in [1.82, 2.24) is 0 Å². The highest BCUT2D eigenvalue weighted by Crippen LogP contribution is 2.33. The minimum atomic E-state index is -0.505. The summed E-state index contributed by atoms with van der Waals surface area (Å²) in [6.07, 6.45) is 8.15. The first kappa shape index (κ1) is 16.9. The molecule has 0 bridgehead atoms. The second-order valence-electron chi connectivity index (χ2n) is 6.42. The number of aliphatic hydroxyl groups is 1. The molecule has 0 spiro atoms. The molecule has 1 atom stereocenters. The number of hydrogen-bond acceptors (Lipinski definition) is 2. The Morgan fingerprint density at radius 2 is 1.77 bits per heavy atom. The lowest BCUT2D eigenvalue weighted by atomic mass is 9.78. The highest BCUT2D eigenvalue weighted by molar-refractivity contribution is 5.38. The van der Waals surface area contributed by atoms with Crippen LogP contribution in [0.3, 0.4) is 0 Å². The molecule has 2 heteroatoms. The van der Waals surface area contributed by atoms with Crippen molar-refractivity contribution in [2.45, 2.75) is 58.0 Å². The number of benzene rings is 1. The van der Waals surface area contributed by atoms with Gasteiger partial charge in [-0.15, -0.1) is 0 Å². The molecule has 0 aliphatic heterocycles. The molecule has 1 aliphatic carbocycles. The van der Waals surface area contributed by atoms with E-state index in [1.54, 1.807) is 7.11 Å². The fourth-order valence-corrected chi connectivity index (χ4v) is 3.38. The Bertz CT molecular complexity index is 487. The Balaban J connectivity index is 1.78. The van der Waals surface area contributed by atoms with Crippen molar-refractivity contribution in [3.05, 3.63) is 29.8 Å². The molecule has 1 saturated carbocycles. The minimum Gasteiger partial charge on any atom is -0.497 e. The van der Waals surface area contributed by atoms with Gasteiger partial charge in [0, 0.05) is 5.56 Å². The van der Waals surface area contributed by atoms with Gasteiger partial charge in [0.25, 0.3) is 0 Å². The number of rotatable bonds is 5. The van der Waals surface area contributed by atoms with E-state index >= 15 is 0 Å². The zero-order chi connectivity index (χ0) is 15.8. The molecule has 1 N–H and O–H groups in total. The largest absolute Gasteiger partial charge is 0.497 e. The highest BCUT2D eigenvalue weighted by Gasteiger charge is 2.22. The third-order valence-corrected chi connectivity index (χ3v) is 4.69. The van der Waals surface area contributed by atoms with Gasteiger partial charge in [-0.3, -0.25) is 0 Å². The van der Waals surface area contributed by atoms with E-state index < -0.39 is 6.10 Å². The first-order valence-corrected chi connectivity index (χ1v) is 8.55. The maximum atomic E-state index is 10.1. The summed E-state index contributed by atoms with van der Waals surface area (Å²) in [4.78, 5) is 0. The Morgan fingerprint density at radius 3 is 2.36 bits per heavy atom. The van der Waals surface area contributed by atoms with Gasteiger partial charge in [0.05, 0.1) is 7.11 Å². The predicted molar refractivity (Wildman–Crippen MR) is 90.9 cm³/mol. The summed E-state index contributed by atoms with van der Waals surface area (Å²) in [5.41, 5.74) is 0.923. The topological polar surface area (TPSA) is 29.5 Å². The maximum absolute atomic E-state index is 10.1. The van der Waals surface area contributed by atoms with Gasteiger partial charge in [-0.05, 0) is 42.5 Å². The van der Waals surface area contributed by atoms with Crippen molar-refractivity contribution in [1.29, 1.82) is 0 Å². The highest BCUT2D eigenvalue weighted by atomic mass is 16.5. The van der Waals surface area contributed by atoms with Crippen LogP contribution in [0.2, 0.25) is 0 Å². The van der Waals surface area contributed by atoms with E-state index in [4.69, 9.17) is 4.74 Å². The molecule has 2 rings (SSSR count). The minimum absolute atomic E-state index is 0.505. The fraction of sp³-hybridized carbons (Fsp3) is 0.600. The van der Waals surface area contributed by atoms with Gasteiger partial charge in [-0.25, -0.2) is 0 Å². The third-order valence-electron chi connectivity index (χ3n) is 4.69. The molecule has 1 unspecified atom stereocenters. The molecule has 1 aromatic carbocycles. The van der Waals surface area contributed by atoms with Crippen LogP contribution >= 0.6 is 0 Å². The van der Waals surface area contributed by atoms with E-state index in [1.165, 1.54) is 38.5 Å². The lowest BCUT2D eigenvalue weighted by Gasteiger charge is -2.28. The van der Waals surface area contributed by atoms with E-state index in [0.717, 1.165) is 23.7 Å². The molecule has 22 heavy (non-hydrogen) atoms. The molecular formula is C20H28O2. The summed E-state index contributed by atoms with van der Waals surface area (Å²) >= 11 is 0. The van der Waals surface area contributed by atoms with E-state index in [0.29, 0.717) is 5.92 Å². The number of aliphatic hydroxyl groups excluding tert-OH is 1. The van der Waals surface area contributed by atoms with E-state index in [9.17, 15) is 5.11 Å². The Kier molecular flexibility index (Phi) is 6.80. The molecule has 2 nitrogen and oxygen atoms in total. The number of methoxy groups -OCH3 is 1. The normalized spacial score (nSPS) is 22.5. The van der Waals surface area contributed by atoms with E-state index in [1.807, 2.05) is 24.3 Å². The number of hydrogen-bond donors (Lipinski definition) is 1. The molecule has 120 valence electrons. The van der Waals surface area contributed by atoms with Gasteiger partial charge in [0.1, 0.15) is 11.9 Å². The van der Waals surface area contributed by atoms with Gasteiger partial charge < -0.3 is 9.84 Å². The van der Waals surface area contributed by atoms with E-state index in [-0.39, 0.29) is 0 Å². The van der Waals surface area contributed by atoms with Crippen molar-refractivity contribution < 1.29 is 9.84 Å². The van der Waals surface area contributed by atoms with Gasteiger partial charge in [-0.1, -0.05) is 57.3 Å². The summed E-state index contributed by atoms with van der Waals surface area (Å²) in [7, 11) is 1.65. The standard InChI is InChI=1S/C20H28O2/c1-3-4-16-5-7-18(8-6-16)15-19(21)12-9-17-10-13-20(22-2)14-11-17/h10-11,13-14,16,18-19,21H,3-8,15H2,1-2H3. The average molecular weight is 300 g/mol. The Labute approximate surface area is 134 Å². The quantitative estimate of drug-likeness (QED) is 0.816. The van der Waals surface area contributed by atoms with Crippen LogP contribution < -0.4 is 4.74 Å². The van der Waals surface area contributed by atoms with Crippen molar-refractivity contribution in [2.24, 2.45) is 11.8 Å². The van der Waals surface area contributed by atoms with Gasteiger partial charge >= 0.3 is 0 Å². The van der Waals surface area contributed by atoms with Crippen LogP contribution in [0.1, 0.15) is 57.4 Å². The summed E-state index contributed by atoms with van der Waals surface area (Å²) in [6, 6.07) is 7.64. The molecule has 0 amide bonds. The second-order valence-corrected chi connectivity index (χ2v) is 6.42. The van der Waals surface area contributed by atoms with Gasteiger partial charge in [0.15, 0.2) is 0 Å². The fourth-order valence-electron chi connectivity index (χ4n) is 3.38. The van der Waals surface area contributed by atoms with Crippen molar-refractivity contribution in [2.75, 3.05) is 7.11 Å². The summed E-state index contributed by atoms with van der Waals surface area (Å²) in [6.45, 7) is 2.27. The van der Waals surface area contributed by atoms with Crippen LogP contribution in [0.5, 0.6) is 5.75 Å². The zero-order valence-electron chi connectivity index (χ0n) is 13.8. The molecule has 1 fully saturated rings. The van der Waals surface area contributed by atoms with Crippen LogP contribution in [0.25, 0.3) is 0 Å². The summed E-state index contributed by atoms with van der Waals surface area (Å²) in [5.74, 6) is 8.44. The monoisotopic (exact) mass is 300 g/mol. The van der Waals surface area contributed by atoms with Crippen molar-refractivity contribution in [3.8, 4) is 17.6 Å². The molecule has 1 aromatic rings. The van der Waals surface area contributed by atoms with Crippen molar-refractivity contribution in [3.63, 3.8) is 0 Å². The predicted octanol–water partition coefficient (Wildman–Crippen LogP) is 4.40. The van der Waals surface area contributed by atoms with Gasteiger partial charge in [-0.2, -0.15) is 0 Å². The molecule has 0 heterocycles. The lowest BCUT2D eigenvalue weighted by molar-refractivity contribution is 0.162. The molecule has 0 aromatic heterocycles. The second kappa shape index (κ2) is 8.86. The first-order chi connectivity index (χ1) is 10.7. The third kappa shape index (κ3) is 5.39. The van der Waals surface area contributed by atoms with Crippen LogP contribution in [0.15, 0.2) is 24.3 Å². The summed E-state index contributed by atoms with van der Waals surface area (Å²) in [5, 5.41) is 10.1. The lowest BCUT2D eigenvalue weighted by Crippen LogP contribution is -2.19. The smallest absolute Gasteiger partial charge is 0.118 e. The Hall–Kier alpha value is -1.46. The molecule has 0 saturated heterocycles. The van der Waals surface area contributed by atoms with Crippen LogP contribution in [-0.2, 0) is 0 Å². The average Bonchev–Trinajstić information content (AvgIpc) is 2.55. The van der Waals surface area contributed by atoms with Gasteiger partial charge in [0.2, 0.25) is 0 Å². The number of ether oxygens (including phenoxy) is 1. The van der Waals surface area contributed by atoms with Crippen LogP contribution in [-0.4, -0.2) is 18.3 Å². The van der Waals surface area contributed by atoms with E-state index in [2.05, 4.69) is 18.8 Å². The molecule has 0 radical (unpaired) electrons. The first-order valence-electron chi connectivity index (χ1n) is 8.55. The maximum Gasteiger partial charge on any atom is 0.118 e. The van der Waals surface area contributed by atoms with Crippen molar-refractivity contribution >= 4 is 0 Å². The summed E-state index contributed by atoms with van der Waals surface area (Å²) < 4.78 is 5.12. The molecular weight excluding hydrogens is 272 g/mol. The SMILES string of the molecule is CCCC1CCC(CC(O)C#Cc2ccc(OC)cc2)CC1.